The fourth-order valence-corrected chi connectivity index (χ4v) is 1.97. The first kappa shape index (κ1) is 17.9. The van der Waals surface area contributed by atoms with Crippen LogP contribution in [0.2, 0.25) is 0 Å². The van der Waals surface area contributed by atoms with Crippen LogP contribution in [-0.2, 0) is 9.47 Å². The Kier molecular flexibility index (Phi) is 14.9. The molecular formula is C16H33O2. The van der Waals surface area contributed by atoms with Gasteiger partial charge in [0.25, 0.3) is 0 Å². The SMILES string of the molecule is [CH2]C(COCCCCCCCCCCCC)OC. The van der Waals surface area contributed by atoms with Crippen LogP contribution in [0.4, 0.5) is 0 Å². The summed E-state index contributed by atoms with van der Waals surface area (Å²) in [4.78, 5) is 0. The molecule has 109 valence electrons. The van der Waals surface area contributed by atoms with Gasteiger partial charge in [0.2, 0.25) is 0 Å². The molecule has 0 rings (SSSR count). The summed E-state index contributed by atoms with van der Waals surface area (Å²) in [5, 5.41) is 0. The van der Waals surface area contributed by atoms with Crippen LogP contribution in [0.1, 0.15) is 71.1 Å². The minimum atomic E-state index is -0.0203. The molecule has 18 heavy (non-hydrogen) atoms. The zero-order chi connectivity index (χ0) is 13.5. The van der Waals surface area contributed by atoms with Gasteiger partial charge < -0.3 is 9.47 Å². The zero-order valence-corrected chi connectivity index (χ0v) is 12.6. The second-order valence-electron chi connectivity index (χ2n) is 5.11. The van der Waals surface area contributed by atoms with E-state index < -0.39 is 0 Å². The highest BCUT2D eigenvalue weighted by Crippen LogP contribution is 2.10. The van der Waals surface area contributed by atoms with E-state index in [-0.39, 0.29) is 6.10 Å². The summed E-state index contributed by atoms with van der Waals surface area (Å²) < 4.78 is 10.5. The molecular weight excluding hydrogens is 224 g/mol. The van der Waals surface area contributed by atoms with Crippen molar-refractivity contribution in [2.24, 2.45) is 0 Å². The minimum absolute atomic E-state index is 0.0203. The van der Waals surface area contributed by atoms with Gasteiger partial charge in [-0.15, -0.1) is 0 Å². The van der Waals surface area contributed by atoms with E-state index in [1.807, 2.05) is 0 Å². The maximum Gasteiger partial charge on any atom is 0.0805 e. The molecule has 0 amide bonds. The van der Waals surface area contributed by atoms with E-state index in [1.54, 1.807) is 7.11 Å². The third-order valence-corrected chi connectivity index (χ3v) is 3.28. The van der Waals surface area contributed by atoms with Crippen LogP contribution in [0.3, 0.4) is 0 Å². The third-order valence-electron chi connectivity index (χ3n) is 3.28. The molecule has 2 heteroatoms. The minimum Gasteiger partial charge on any atom is -0.379 e. The van der Waals surface area contributed by atoms with Crippen molar-refractivity contribution in [3.8, 4) is 0 Å². The lowest BCUT2D eigenvalue weighted by Crippen LogP contribution is -2.14. The van der Waals surface area contributed by atoms with E-state index in [0.717, 1.165) is 6.61 Å². The van der Waals surface area contributed by atoms with E-state index in [9.17, 15) is 0 Å². The van der Waals surface area contributed by atoms with Crippen molar-refractivity contribution < 1.29 is 9.47 Å². The number of unbranched alkanes of at least 4 members (excludes halogenated alkanes) is 9. The highest BCUT2D eigenvalue weighted by atomic mass is 16.5. The van der Waals surface area contributed by atoms with Gasteiger partial charge in [-0.25, -0.2) is 0 Å². The molecule has 0 aliphatic heterocycles. The van der Waals surface area contributed by atoms with Gasteiger partial charge >= 0.3 is 0 Å². The standard InChI is InChI=1S/C16H33O2/c1-4-5-6-7-8-9-10-11-12-13-14-18-15-16(2)17-3/h16H,2,4-15H2,1,3H3. The Balaban J connectivity index is 2.94. The molecule has 2 nitrogen and oxygen atoms in total. The van der Waals surface area contributed by atoms with Gasteiger partial charge in [0.05, 0.1) is 12.7 Å². The van der Waals surface area contributed by atoms with Crippen molar-refractivity contribution >= 4 is 0 Å². The van der Waals surface area contributed by atoms with Crippen molar-refractivity contribution in [2.45, 2.75) is 77.2 Å². The summed E-state index contributed by atoms with van der Waals surface area (Å²) in [6.07, 6.45) is 13.6. The normalized spacial score (nSPS) is 12.8. The Morgan fingerprint density at radius 1 is 0.833 bits per heavy atom. The molecule has 0 aromatic rings. The Morgan fingerprint density at radius 2 is 1.33 bits per heavy atom. The summed E-state index contributed by atoms with van der Waals surface area (Å²) in [6, 6.07) is 0. The van der Waals surface area contributed by atoms with E-state index in [4.69, 9.17) is 9.47 Å². The lowest BCUT2D eigenvalue weighted by Gasteiger charge is -2.09. The molecule has 0 saturated carbocycles. The molecule has 0 aliphatic carbocycles. The summed E-state index contributed by atoms with van der Waals surface area (Å²) in [6.45, 7) is 7.54. The summed E-state index contributed by atoms with van der Waals surface area (Å²) in [7, 11) is 1.67. The molecule has 0 heterocycles. The predicted molar refractivity (Wildman–Crippen MR) is 78.8 cm³/mol. The first-order chi connectivity index (χ1) is 8.81. The van der Waals surface area contributed by atoms with Crippen LogP contribution in [0.25, 0.3) is 0 Å². The smallest absolute Gasteiger partial charge is 0.0805 e. The summed E-state index contributed by atoms with van der Waals surface area (Å²) in [5.41, 5.74) is 0. The van der Waals surface area contributed by atoms with E-state index in [0.29, 0.717) is 6.61 Å². The van der Waals surface area contributed by atoms with Gasteiger partial charge in [-0.3, -0.25) is 0 Å². The number of rotatable bonds is 14. The van der Waals surface area contributed by atoms with E-state index >= 15 is 0 Å². The molecule has 0 aliphatic rings. The quantitative estimate of drug-likeness (QED) is 0.417. The molecule has 0 aromatic heterocycles. The molecule has 0 fully saturated rings. The van der Waals surface area contributed by atoms with Gasteiger partial charge in [0, 0.05) is 13.7 Å². The Labute approximate surface area is 114 Å². The maximum atomic E-state index is 5.47. The fraction of sp³-hybridized carbons (Fsp3) is 0.938. The molecule has 0 bridgehead atoms. The van der Waals surface area contributed by atoms with Gasteiger partial charge in [-0.05, 0) is 13.3 Å². The molecule has 1 atom stereocenters. The molecule has 1 unspecified atom stereocenters. The van der Waals surface area contributed by atoms with Crippen molar-refractivity contribution in [1.29, 1.82) is 0 Å². The van der Waals surface area contributed by atoms with Gasteiger partial charge in [0.1, 0.15) is 0 Å². The average molecular weight is 257 g/mol. The van der Waals surface area contributed by atoms with Crippen LogP contribution in [0, 0.1) is 6.92 Å². The van der Waals surface area contributed by atoms with Crippen LogP contribution in [-0.4, -0.2) is 26.4 Å². The largest absolute Gasteiger partial charge is 0.379 e. The van der Waals surface area contributed by atoms with Crippen molar-refractivity contribution in [3.63, 3.8) is 0 Å². The van der Waals surface area contributed by atoms with E-state index in [2.05, 4.69) is 13.8 Å². The highest BCUT2D eigenvalue weighted by molar-refractivity contribution is 4.56. The van der Waals surface area contributed by atoms with Crippen LogP contribution in [0.15, 0.2) is 0 Å². The van der Waals surface area contributed by atoms with E-state index in [1.165, 1.54) is 64.2 Å². The highest BCUT2D eigenvalue weighted by Gasteiger charge is 1.98. The molecule has 0 aromatic carbocycles. The molecule has 0 spiro atoms. The topological polar surface area (TPSA) is 18.5 Å². The molecule has 0 N–H and O–H groups in total. The van der Waals surface area contributed by atoms with Crippen LogP contribution in [0.5, 0.6) is 0 Å². The first-order valence-electron chi connectivity index (χ1n) is 7.74. The summed E-state index contributed by atoms with van der Waals surface area (Å²) >= 11 is 0. The molecule has 1 radical (unpaired) electrons. The summed E-state index contributed by atoms with van der Waals surface area (Å²) in [5.74, 6) is 0. The zero-order valence-electron chi connectivity index (χ0n) is 12.6. The third kappa shape index (κ3) is 14.0. The second-order valence-corrected chi connectivity index (χ2v) is 5.11. The lowest BCUT2D eigenvalue weighted by molar-refractivity contribution is 0.0303. The van der Waals surface area contributed by atoms with Crippen LogP contribution < -0.4 is 0 Å². The Morgan fingerprint density at radius 3 is 1.83 bits per heavy atom. The van der Waals surface area contributed by atoms with Gasteiger partial charge in [0.15, 0.2) is 0 Å². The van der Waals surface area contributed by atoms with Crippen molar-refractivity contribution in [2.75, 3.05) is 20.3 Å². The van der Waals surface area contributed by atoms with Crippen molar-refractivity contribution in [3.05, 3.63) is 6.92 Å². The van der Waals surface area contributed by atoms with Gasteiger partial charge in [-0.1, -0.05) is 64.7 Å². The number of ether oxygens (including phenoxy) is 2. The van der Waals surface area contributed by atoms with Crippen LogP contribution >= 0.6 is 0 Å². The Bertz CT molecular complexity index is 148. The maximum absolute atomic E-state index is 5.47. The molecule has 0 saturated heterocycles. The van der Waals surface area contributed by atoms with Crippen molar-refractivity contribution in [1.82, 2.24) is 0 Å². The first-order valence-corrected chi connectivity index (χ1v) is 7.74. The average Bonchev–Trinajstić information content (AvgIpc) is 2.39. The fourth-order valence-electron chi connectivity index (χ4n) is 1.97. The predicted octanol–water partition coefficient (Wildman–Crippen LogP) is 4.77. The number of methoxy groups -OCH3 is 1. The Hall–Kier alpha value is -0.0800. The lowest BCUT2D eigenvalue weighted by atomic mass is 10.1. The monoisotopic (exact) mass is 257 g/mol. The number of hydrogen-bond acceptors (Lipinski definition) is 2. The number of hydrogen-bond donors (Lipinski definition) is 0. The second kappa shape index (κ2) is 15.0. The van der Waals surface area contributed by atoms with Gasteiger partial charge in [-0.2, -0.15) is 0 Å².